The lowest BCUT2D eigenvalue weighted by atomic mass is 10.1. The lowest BCUT2D eigenvalue weighted by Gasteiger charge is -2.10. The maximum absolute atomic E-state index is 12.6. The highest BCUT2D eigenvalue weighted by Crippen LogP contribution is 2.30. The Hall–Kier alpha value is -5.34. The normalized spacial score (nSPS) is 11.0. The molecular formula is C29H23N3O5. The minimum absolute atomic E-state index is 0.0765. The Morgan fingerprint density at radius 3 is 2.08 bits per heavy atom. The molecule has 0 unspecified atom stereocenters. The van der Waals surface area contributed by atoms with E-state index in [4.69, 9.17) is 14.2 Å². The van der Waals surface area contributed by atoms with Crippen molar-refractivity contribution in [3.05, 3.63) is 101 Å². The highest BCUT2D eigenvalue weighted by molar-refractivity contribution is 6.02. The number of amides is 1. The van der Waals surface area contributed by atoms with Gasteiger partial charge in [-0.1, -0.05) is 48.5 Å². The van der Waals surface area contributed by atoms with Crippen molar-refractivity contribution < 1.29 is 23.8 Å². The van der Waals surface area contributed by atoms with E-state index < -0.39 is 11.9 Å². The number of carbonyl (C=O) groups is 2. The predicted molar refractivity (Wildman–Crippen MR) is 137 cm³/mol. The molecule has 0 saturated carbocycles. The molecule has 3 aromatic rings. The van der Waals surface area contributed by atoms with Crippen LogP contribution in [0.25, 0.3) is 12.2 Å². The van der Waals surface area contributed by atoms with Crippen LogP contribution in [-0.2, 0) is 16.1 Å². The molecule has 3 rings (SSSR count). The second-order valence-corrected chi connectivity index (χ2v) is 7.58. The summed E-state index contributed by atoms with van der Waals surface area (Å²) in [5.41, 5.74) is 1.70. The SMILES string of the molecule is COc1ccc(/C=C(\C#N)C(=O)Oc2ccc(/C=C(\C#N)C(=O)NCc3ccccc3)cc2OC)cc1. The fourth-order valence-electron chi connectivity index (χ4n) is 3.21. The van der Waals surface area contributed by atoms with Gasteiger partial charge in [-0.05, 0) is 53.1 Å². The summed E-state index contributed by atoms with van der Waals surface area (Å²) >= 11 is 0. The summed E-state index contributed by atoms with van der Waals surface area (Å²) in [5.74, 6) is -0.482. The van der Waals surface area contributed by atoms with Crippen LogP contribution in [0.15, 0.2) is 83.9 Å². The van der Waals surface area contributed by atoms with Gasteiger partial charge < -0.3 is 19.5 Å². The minimum Gasteiger partial charge on any atom is -0.497 e. The van der Waals surface area contributed by atoms with Gasteiger partial charge in [0, 0.05) is 6.54 Å². The monoisotopic (exact) mass is 493 g/mol. The van der Waals surface area contributed by atoms with Gasteiger partial charge in [-0.25, -0.2) is 4.79 Å². The number of hydrogen-bond acceptors (Lipinski definition) is 7. The Labute approximate surface area is 214 Å². The predicted octanol–water partition coefficient (Wildman–Crippen LogP) is 4.44. The molecule has 1 N–H and O–H groups in total. The standard InChI is InChI=1S/C29H23N3O5/c1-35-25-11-8-20(9-12-25)14-24(18-31)29(34)37-26-13-10-22(16-27(26)36-2)15-23(17-30)28(33)32-19-21-6-4-3-5-7-21/h3-16H,19H2,1-2H3,(H,32,33)/b23-15+,24-14+. The third-order valence-corrected chi connectivity index (χ3v) is 5.13. The van der Waals surface area contributed by atoms with E-state index in [1.54, 1.807) is 37.4 Å². The van der Waals surface area contributed by atoms with E-state index in [9.17, 15) is 20.1 Å². The molecule has 0 aliphatic heterocycles. The Kier molecular flexibility index (Phi) is 9.18. The van der Waals surface area contributed by atoms with E-state index >= 15 is 0 Å². The Balaban J connectivity index is 1.75. The summed E-state index contributed by atoms with van der Waals surface area (Å²) in [7, 11) is 2.93. The zero-order valence-corrected chi connectivity index (χ0v) is 20.2. The number of nitrogens with zero attached hydrogens (tertiary/aromatic N) is 2. The molecule has 3 aromatic carbocycles. The van der Waals surface area contributed by atoms with Gasteiger partial charge in [-0.15, -0.1) is 0 Å². The highest BCUT2D eigenvalue weighted by Gasteiger charge is 2.16. The number of nitrogens with one attached hydrogen (secondary N) is 1. The van der Waals surface area contributed by atoms with Crippen molar-refractivity contribution in [1.82, 2.24) is 5.32 Å². The number of methoxy groups -OCH3 is 2. The molecule has 0 heterocycles. The molecule has 37 heavy (non-hydrogen) atoms. The smallest absolute Gasteiger partial charge is 0.354 e. The van der Waals surface area contributed by atoms with E-state index in [2.05, 4.69) is 5.32 Å². The Morgan fingerprint density at radius 1 is 0.811 bits per heavy atom. The fraction of sp³-hybridized carbons (Fsp3) is 0.103. The molecule has 0 atom stereocenters. The number of benzene rings is 3. The first-order valence-corrected chi connectivity index (χ1v) is 11.1. The lowest BCUT2D eigenvalue weighted by molar-refractivity contribution is -0.129. The lowest BCUT2D eigenvalue weighted by Crippen LogP contribution is -2.23. The van der Waals surface area contributed by atoms with E-state index in [1.807, 2.05) is 42.5 Å². The Morgan fingerprint density at radius 2 is 1.46 bits per heavy atom. The number of hydrogen-bond donors (Lipinski definition) is 1. The molecule has 1 amide bonds. The van der Waals surface area contributed by atoms with Crippen LogP contribution in [0.2, 0.25) is 0 Å². The average molecular weight is 494 g/mol. The van der Waals surface area contributed by atoms with Crippen LogP contribution in [0.5, 0.6) is 17.2 Å². The maximum Gasteiger partial charge on any atom is 0.354 e. The number of esters is 1. The largest absolute Gasteiger partial charge is 0.497 e. The number of rotatable bonds is 9. The van der Waals surface area contributed by atoms with E-state index in [0.717, 1.165) is 5.56 Å². The summed E-state index contributed by atoms with van der Waals surface area (Å²) in [6, 6.07) is 24.4. The van der Waals surface area contributed by atoms with Crippen LogP contribution in [-0.4, -0.2) is 26.1 Å². The van der Waals surface area contributed by atoms with Crippen molar-refractivity contribution >= 4 is 24.0 Å². The molecule has 8 heteroatoms. The first-order chi connectivity index (χ1) is 18.0. The first kappa shape index (κ1) is 26.3. The molecule has 0 radical (unpaired) electrons. The van der Waals surface area contributed by atoms with Crippen LogP contribution in [0.4, 0.5) is 0 Å². The van der Waals surface area contributed by atoms with Crippen LogP contribution in [0.3, 0.4) is 0 Å². The van der Waals surface area contributed by atoms with Crippen molar-refractivity contribution in [2.24, 2.45) is 0 Å². The molecule has 0 aliphatic rings. The molecule has 0 bridgehead atoms. The molecule has 0 spiro atoms. The van der Waals surface area contributed by atoms with E-state index in [1.165, 1.54) is 31.4 Å². The van der Waals surface area contributed by atoms with Gasteiger partial charge in [0.1, 0.15) is 29.0 Å². The van der Waals surface area contributed by atoms with Crippen LogP contribution < -0.4 is 19.5 Å². The van der Waals surface area contributed by atoms with Crippen molar-refractivity contribution in [2.75, 3.05) is 14.2 Å². The van der Waals surface area contributed by atoms with Crippen molar-refractivity contribution in [3.63, 3.8) is 0 Å². The average Bonchev–Trinajstić information content (AvgIpc) is 2.94. The molecule has 0 aromatic heterocycles. The number of nitriles is 2. The molecule has 8 nitrogen and oxygen atoms in total. The van der Waals surface area contributed by atoms with Crippen LogP contribution in [0.1, 0.15) is 16.7 Å². The third-order valence-electron chi connectivity index (χ3n) is 5.13. The van der Waals surface area contributed by atoms with Gasteiger partial charge in [-0.2, -0.15) is 10.5 Å². The zero-order chi connectivity index (χ0) is 26.6. The maximum atomic E-state index is 12.6. The molecule has 184 valence electrons. The van der Waals surface area contributed by atoms with Crippen LogP contribution in [0, 0.1) is 22.7 Å². The van der Waals surface area contributed by atoms with E-state index in [-0.39, 0.29) is 29.2 Å². The first-order valence-electron chi connectivity index (χ1n) is 11.1. The quantitative estimate of drug-likeness (QED) is 0.202. The van der Waals surface area contributed by atoms with Gasteiger partial charge in [0.15, 0.2) is 11.5 Å². The van der Waals surface area contributed by atoms with Crippen molar-refractivity contribution in [2.45, 2.75) is 6.54 Å². The summed E-state index contributed by atoms with van der Waals surface area (Å²) in [6.07, 6.45) is 2.80. The number of ether oxygens (including phenoxy) is 3. The summed E-state index contributed by atoms with van der Waals surface area (Å²) in [6.45, 7) is 0.280. The van der Waals surface area contributed by atoms with Gasteiger partial charge in [0.05, 0.1) is 14.2 Å². The van der Waals surface area contributed by atoms with Gasteiger partial charge >= 0.3 is 5.97 Å². The third kappa shape index (κ3) is 7.32. The molecule has 0 saturated heterocycles. The topological polar surface area (TPSA) is 121 Å². The summed E-state index contributed by atoms with van der Waals surface area (Å²) < 4.78 is 15.8. The highest BCUT2D eigenvalue weighted by atomic mass is 16.6. The van der Waals surface area contributed by atoms with Gasteiger partial charge in [0.25, 0.3) is 5.91 Å². The summed E-state index contributed by atoms with van der Waals surface area (Å²) in [5, 5.41) is 21.6. The summed E-state index contributed by atoms with van der Waals surface area (Å²) in [4.78, 5) is 25.1. The van der Waals surface area contributed by atoms with Crippen molar-refractivity contribution in [3.8, 4) is 29.4 Å². The second-order valence-electron chi connectivity index (χ2n) is 7.58. The van der Waals surface area contributed by atoms with Gasteiger partial charge in [0.2, 0.25) is 0 Å². The Bertz CT molecular complexity index is 1410. The molecule has 0 aliphatic carbocycles. The van der Waals surface area contributed by atoms with E-state index in [0.29, 0.717) is 16.9 Å². The van der Waals surface area contributed by atoms with Crippen molar-refractivity contribution in [1.29, 1.82) is 10.5 Å². The fourth-order valence-corrected chi connectivity index (χ4v) is 3.21. The van der Waals surface area contributed by atoms with Gasteiger partial charge in [-0.3, -0.25) is 4.79 Å². The molecule has 0 fully saturated rings. The molecular weight excluding hydrogens is 470 g/mol. The minimum atomic E-state index is -0.863. The zero-order valence-electron chi connectivity index (χ0n) is 20.2. The second kappa shape index (κ2) is 12.9. The van der Waals surface area contributed by atoms with Crippen LogP contribution >= 0.6 is 0 Å². The number of carbonyl (C=O) groups excluding carboxylic acids is 2.